The van der Waals surface area contributed by atoms with Gasteiger partial charge in [-0.3, -0.25) is 9.69 Å². The third-order valence-electron chi connectivity index (χ3n) is 3.51. The number of hydrogen-bond donors (Lipinski definition) is 1. The first-order valence-corrected chi connectivity index (χ1v) is 5.74. The minimum Gasteiger partial charge on any atom is -0.379 e. The van der Waals surface area contributed by atoms with Crippen LogP contribution in [-0.2, 0) is 9.53 Å². The molecule has 0 aromatic rings. The summed E-state index contributed by atoms with van der Waals surface area (Å²) >= 11 is 0. The van der Waals surface area contributed by atoms with Crippen molar-refractivity contribution in [1.82, 2.24) is 4.90 Å². The molecule has 1 saturated heterocycles. The second-order valence-corrected chi connectivity index (χ2v) is 4.24. The number of hydrogen-bond acceptors (Lipinski definition) is 3. The number of carbonyl (C=O) groups excluding carboxylic acids is 1. The highest BCUT2D eigenvalue weighted by atomic mass is 16.5. The molecule has 0 radical (unpaired) electrons. The van der Waals surface area contributed by atoms with E-state index in [9.17, 15) is 4.79 Å². The molecule has 1 aliphatic rings. The van der Waals surface area contributed by atoms with Gasteiger partial charge in [-0.1, -0.05) is 13.8 Å². The lowest BCUT2D eigenvalue weighted by molar-refractivity contribution is -0.130. The molecule has 0 bridgehead atoms. The molecular formula is C11H22N2O2. The number of amides is 1. The first kappa shape index (κ1) is 12.5. The number of morpholine rings is 1. The highest BCUT2D eigenvalue weighted by molar-refractivity contribution is 5.81. The van der Waals surface area contributed by atoms with Gasteiger partial charge < -0.3 is 10.5 Å². The zero-order chi connectivity index (χ0) is 11.3. The topological polar surface area (TPSA) is 55.6 Å². The number of rotatable bonds is 5. The highest BCUT2D eigenvalue weighted by Crippen LogP contribution is 2.27. The molecule has 0 saturated carbocycles. The van der Waals surface area contributed by atoms with Gasteiger partial charge in [-0.2, -0.15) is 0 Å². The van der Waals surface area contributed by atoms with Gasteiger partial charge in [0.2, 0.25) is 5.91 Å². The molecule has 1 heterocycles. The van der Waals surface area contributed by atoms with Crippen molar-refractivity contribution in [1.29, 1.82) is 0 Å². The fourth-order valence-corrected chi connectivity index (χ4v) is 2.09. The lowest BCUT2D eigenvalue weighted by Gasteiger charge is -2.36. The van der Waals surface area contributed by atoms with E-state index in [-0.39, 0.29) is 11.3 Å². The second kappa shape index (κ2) is 5.47. The summed E-state index contributed by atoms with van der Waals surface area (Å²) in [5.41, 5.74) is 5.16. The van der Waals surface area contributed by atoms with Crippen LogP contribution < -0.4 is 5.73 Å². The normalized spacial score (nSPS) is 19.1. The van der Waals surface area contributed by atoms with E-state index in [1.165, 1.54) is 0 Å². The van der Waals surface area contributed by atoms with Crippen molar-refractivity contribution < 1.29 is 9.53 Å². The van der Waals surface area contributed by atoms with Gasteiger partial charge in [-0.15, -0.1) is 0 Å². The summed E-state index contributed by atoms with van der Waals surface area (Å²) in [5.74, 6) is -0.168. The van der Waals surface area contributed by atoms with Gasteiger partial charge in [0.15, 0.2) is 0 Å². The van der Waals surface area contributed by atoms with Gasteiger partial charge in [0.1, 0.15) is 0 Å². The lowest BCUT2D eigenvalue weighted by Crippen LogP contribution is -2.49. The summed E-state index contributed by atoms with van der Waals surface area (Å²) in [6.45, 7) is 8.21. The molecule has 15 heavy (non-hydrogen) atoms. The van der Waals surface area contributed by atoms with Gasteiger partial charge in [-0.05, 0) is 12.8 Å². The van der Waals surface area contributed by atoms with Gasteiger partial charge >= 0.3 is 0 Å². The average molecular weight is 214 g/mol. The molecular weight excluding hydrogens is 192 g/mol. The minimum absolute atomic E-state index is 0.168. The van der Waals surface area contributed by atoms with Crippen molar-refractivity contribution in [3.8, 4) is 0 Å². The van der Waals surface area contributed by atoms with Gasteiger partial charge in [-0.25, -0.2) is 0 Å². The predicted molar refractivity (Wildman–Crippen MR) is 59.5 cm³/mol. The number of nitrogens with zero attached hydrogens (tertiary/aromatic N) is 1. The molecule has 4 nitrogen and oxygen atoms in total. The molecule has 0 atom stereocenters. The minimum atomic E-state index is -0.350. The summed E-state index contributed by atoms with van der Waals surface area (Å²) in [6, 6.07) is 0. The quantitative estimate of drug-likeness (QED) is 0.729. The zero-order valence-electron chi connectivity index (χ0n) is 9.79. The van der Waals surface area contributed by atoms with E-state index < -0.39 is 0 Å². The van der Waals surface area contributed by atoms with Crippen LogP contribution in [0.2, 0.25) is 0 Å². The Kier molecular flexibility index (Phi) is 4.54. The van der Waals surface area contributed by atoms with Crippen LogP contribution in [-0.4, -0.2) is 43.7 Å². The van der Waals surface area contributed by atoms with Gasteiger partial charge in [0.05, 0.1) is 18.6 Å². The van der Waals surface area contributed by atoms with E-state index in [4.69, 9.17) is 10.5 Å². The molecule has 1 rings (SSSR count). The van der Waals surface area contributed by atoms with Crippen LogP contribution in [0, 0.1) is 5.41 Å². The van der Waals surface area contributed by atoms with Crippen molar-refractivity contribution in [3.05, 3.63) is 0 Å². The molecule has 0 aromatic heterocycles. The Morgan fingerprint density at radius 3 is 2.27 bits per heavy atom. The molecule has 4 heteroatoms. The summed E-state index contributed by atoms with van der Waals surface area (Å²) in [5, 5.41) is 0. The Balaban J connectivity index is 2.60. The van der Waals surface area contributed by atoms with Crippen molar-refractivity contribution in [2.75, 3.05) is 32.8 Å². The van der Waals surface area contributed by atoms with E-state index >= 15 is 0 Å². The standard InChI is InChI=1S/C11H22N2O2/c1-3-11(4-2,10(12)14)9-13-5-7-15-8-6-13/h3-9H2,1-2H3,(H2,12,14). The van der Waals surface area contributed by atoms with Crippen LogP contribution in [0.4, 0.5) is 0 Å². The number of nitrogens with two attached hydrogens (primary N) is 1. The third-order valence-corrected chi connectivity index (χ3v) is 3.51. The Hall–Kier alpha value is -0.610. The van der Waals surface area contributed by atoms with Crippen LogP contribution in [0.3, 0.4) is 0 Å². The third kappa shape index (κ3) is 2.92. The summed E-state index contributed by atoms with van der Waals surface area (Å²) < 4.78 is 5.28. The molecule has 0 aliphatic carbocycles. The molecule has 0 spiro atoms. The van der Waals surface area contributed by atoms with E-state index in [0.29, 0.717) is 0 Å². The molecule has 0 unspecified atom stereocenters. The SMILES string of the molecule is CCC(CC)(CN1CCOCC1)C(N)=O. The maximum absolute atomic E-state index is 11.5. The van der Waals surface area contributed by atoms with E-state index in [0.717, 1.165) is 45.7 Å². The van der Waals surface area contributed by atoms with Crippen LogP contribution in [0.1, 0.15) is 26.7 Å². The first-order chi connectivity index (χ1) is 7.14. The summed E-state index contributed by atoms with van der Waals surface area (Å²) in [7, 11) is 0. The lowest BCUT2D eigenvalue weighted by atomic mass is 9.81. The number of primary amides is 1. The van der Waals surface area contributed by atoms with Crippen LogP contribution >= 0.6 is 0 Å². The highest BCUT2D eigenvalue weighted by Gasteiger charge is 2.35. The fourth-order valence-electron chi connectivity index (χ4n) is 2.09. The van der Waals surface area contributed by atoms with Gasteiger partial charge in [0, 0.05) is 19.6 Å². The monoisotopic (exact) mass is 214 g/mol. The fraction of sp³-hybridized carbons (Fsp3) is 0.909. The average Bonchev–Trinajstić information content (AvgIpc) is 2.27. The first-order valence-electron chi connectivity index (χ1n) is 5.74. The van der Waals surface area contributed by atoms with Crippen LogP contribution in [0.5, 0.6) is 0 Å². The van der Waals surface area contributed by atoms with E-state index in [2.05, 4.69) is 4.90 Å². The van der Waals surface area contributed by atoms with Crippen LogP contribution in [0.25, 0.3) is 0 Å². The number of carbonyl (C=O) groups is 1. The Labute approximate surface area is 91.8 Å². The predicted octanol–water partition coefficient (Wildman–Crippen LogP) is 0.610. The summed E-state index contributed by atoms with van der Waals surface area (Å²) in [4.78, 5) is 13.8. The summed E-state index contributed by atoms with van der Waals surface area (Å²) in [6.07, 6.45) is 1.63. The molecule has 1 aliphatic heterocycles. The van der Waals surface area contributed by atoms with Crippen molar-refractivity contribution in [2.45, 2.75) is 26.7 Å². The van der Waals surface area contributed by atoms with Crippen molar-refractivity contribution in [3.63, 3.8) is 0 Å². The Morgan fingerprint density at radius 2 is 1.87 bits per heavy atom. The van der Waals surface area contributed by atoms with Crippen molar-refractivity contribution >= 4 is 5.91 Å². The van der Waals surface area contributed by atoms with E-state index in [1.807, 2.05) is 13.8 Å². The van der Waals surface area contributed by atoms with Crippen molar-refractivity contribution in [2.24, 2.45) is 11.1 Å². The largest absolute Gasteiger partial charge is 0.379 e. The maximum Gasteiger partial charge on any atom is 0.224 e. The molecule has 0 aromatic carbocycles. The number of ether oxygens (including phenoxy) is 1. The molecule has 1 fully saturated rings. The smallest absolute Gasteiger partial charge is 0.224 e. The molecule has 88 valence electrons. The van der Waals surface area contributed by atoms with Gasteiger partial charge in [0.25, 0.3) is 0 Å². The van der Waals surface area contributed by atoms with Crippen LogP contribution in [0.15, 0.2) is 0 Å². The molecule has 1 amide bonds. The maximum atomic E-state index is 11.5. The molecule has 2 N–H and O–H groups in total. The zero-order valence-corrected chi connectivity index (χ0v) is 9.79. The van der Waals surface area contributed by atoms with E-state index in [1.54, 1.807) is 0 Å². The Bertz CT molecular complexity index is 209. The second-order valence-electron chi connectivity index (χ2n) is 4.24. The Morgan fingerprint density at radius 1 is 1.33 bits per heavy atom.